The zero-order valence-electron chi connectivity index (χ0n) is 28.8. The molecule has 0 radical (unpaired) electrons. The number of unbranched alkanes of at least 4 members (excludes halogenated alkanes) is 6. The van der Waals surface area contributed by atoms with Crippen molar-refractivity contribution < 1.29 is 90.6 Å². The van der Waals surface area contributed by atoms with Crippen molar-refractivity contribution in [3.05, 3.63) is 37.0 Å². The summed E-state index contributed by atoms with van der Waals surface area (Å²) < 4.78 is 63.4. The minimum Gasteiger partial charge on any atom is -0.790 e. The van der Waals surface area contributed by atoms with Gasteiger partial charge in [0.15, 0.2) is 6.10 Å². The number of esters is 2. The van der Waals surface area contributed by atoms with Crippen LogP contribution in [0.25, 0.3) is 0 Å². The zero-order valence-corrected chi connectivity index (χ0v) is 31.5. The highest BCUT2D eigenvalue weighted by atomic mass is 31.2. The second-order valence-corrected chi connectivity index (χ2v) is 15.4. The van der Waals surface area contributed by atoms with E-state index < -0.39 is 91.3 Å². The van der Waals surface area contributed by atoms with Crippen LogP contribution in [-0.2, 0) is 50.9 Å². The summed E-state index contributed by atoms with van der Waals surface area (Å²) in [4.78, 5) is 78.3. The predicted octanol–water partition coefficient (Wildman–Crippen LogP) is 1.10. The highest BCUT2D eigenvalue weighted by Gasteiger charge is 2.54. The van der Waals surface area contributed by atoms with Gasteiger partial charge < -0.3 is 67.4 Å². The molecule has 0 bridgehead atoms. The summed E-state index contributed by atoms with van der Waals surface area (Å²) in [5.74, 6) is -1.44. The minimum atomic E-state index is -6.05. The fourth-order valence-electron chi connectivity index (χ4n) is 4.81. The fraction of sp³-hybridized carbons (Fsp3) is 0.733. The van der Waals surface area contributed by atoms with Crippen molar-refractivity contribution in [2.45, 2.75) is 127 Å². The highest BCUT2D eigenvalue weighted by Crippen LogP contribution is 2.48. The third kappa shape index (κ3) is 21.3. The van der Waals surface area contributed by atoms with Gasteiger partial charge in [-0.05, 0) is 32.1 Å². The Kier molecular flexibility index (Phi) is 23.0. The number of allylic oxidation sites excluding steroid dienone is 5. The quantitative estimate of drug-likeness (QED) is 0.0336. The van der Waals surface area contributed by atoms with Crippen LogP contribution >= 0.6 is 23.5 Å². The van der Waals surface area contributed by atoms with Gasteiger partial charge in [-0.15, -0.1) is 6.58 Å². The van der Waals surface area contributed by atoms with Crippen LogP contribution in [0.3, 0.4) is 0 Å². The third-order valence-corrected chi connectivity index (χ3v) is 9.31. The van der Waals surface area contributed by atoms with E-state index in [2.05, 4.69) is 27.1 Å². The Morgan fingerprint density at radius 1 is 0.731 bits per heavy atom. The maximum atomic E-state index is 12.8. The zero-order chi connectivity index (χ0) is 39.4. The molecule has 1 aliphatic rings. The van der Waals surface area contributed by atoms with Crippen LogP contribution in [-0.4, -0.2) is 93.0 Å². The van der Waals surface area contributed by atoms with E-state index in [0.717, 1.165) is 38.5 Å². The molecule has 1 fully saturated rings. The van der Waals surface area contributed by atoms with Gasteiger partial charge in [0, 0.05) is 12.8 Å². The van der Waals surface area contributed by atoms with Crippen LogP contribution in [0.2, 0.25) is 0 Å². The van der Waals surface area contributed by atoms with Crippen molar-refractivity contribution in [2.75, 3.05) is 13.2 Å². The SMILES string of the molecule is C=CC/C=C\C/C=C\CCCC(=O)OC(COC(=O)CCCCCCCC)COP(=O)([O-])O[C@@H]1[C@H](O)[C@H](O)[C@@H](OP(=O)([O-])[O-])[C@H](OP(=O)(O)O)[C@H]1O. The summed E-state index contributed by atoms with van der Waals surface area (Å²) in [6, 6.07) is 0. The number of hydrogen-bond acceptors (Lipinski definition) is 17. The first-order chi connectivity index (χ1) is 24.3. The molecule has 0 amide bonds. The first-order valence-electron chi connectivity index (χ1n) is 16.7. The number of carbonyl (C=O) groups excluding carboxylic acids is 2. The van der Waals surface area contributed by atoms with Gasteiger partial charge in [0.1, 0.15) is 43.2 Å². The number of ether oxygens (including phenoxy) is 2. The molecule has 2 unspecified atom stereocenters. The topological polar surface area (TPSA) is 311 Å². The summed E-state index contributed by atoms with van der Waals surface area (Å²) >= 11 is 0. The summed E-state index contributed by atoms with van der Waals surface area (Å²) in [6.45, 7) is 4.04. The normalized spacial score (nSPS) is 24.5. The Bertz CT molecular complexity index is 1280. The van der Waals surface area contributed by atoms with E-state index in [1.165, 1.54) is 0 Å². The second-order valence-electron chi connectivity index (χ2n) is 11.8. The van der Waals surface area contributed by atoms with Crippen molar-refractivity contribution in [3.8, 4) is 0 Å². The summed E-state index contributed by atoms with van der Waals surface area (Å²) in [6.07, 6.45) is -0.139. The molecule has 0 aliphatic heterocycles. The van der Waals surface area contributed by atoms with E-state index in [1.54, 1.807) is 6.08 Å². The highest BCUT2D eigenvalue weighted by molar-refractivity contribution is 7.46. The number of aliphatic hydroxyl groups excluding tert-OH is 3. The van der Waals surface area contributed by atoms with Gasteiger partial charge >= 0.3 is 19.8 Å². The van der Waals surface area contributed by atoms with Gasteiger partial charge in [-0.3, -0.25) is 18.7 Å². The standard InChI is InChI=1S/C30H53O19P3/c1-3-5-7-9-11-12-13-15-17-19-24(32)46-22(20-44-23(31)18-16-14-10-8-6-4-2)21-45-52(42,43)49-28-25(33)26(34)29(47-50(36,37)38)30(27(28)35)48-51(39,40)41/h3,7,9,12-13,22,25-30,33-35H,1,4-6,8,10-11,14-21H2,2H3,(H,42,43)(H2,36,37,38)(H2,39,40,41)/p-3/b9-7-,13-12-/t22?,25-,26+,27+,28-,29-,30-/m1/s1. The molecule has 19 nitrogen and oxygen atoms in total. The van der Waals surface area contributed by atoms with E-state index in [1.807, 2.05) is 24.3 Å². The second kappa shape index (κ2) is 24.7. The Morgan fingerprint density at radius 3 is 1.94 bits per heavy atom. The summed E-state index contributed by atoms with van der Waals surface area (Å²) in [5, 5.41) is 31.3. The average molecular weight is 808 g/mol. The predicted molar refractivity (Wildman–Crippen MR) is 176 cm³/mol. The molecule has 302 valence electrons. The van der Waals surface area contributed by atoms with E-state index in [4.69, 9.17) is 14.0 Å². The van der Waals surface area contributed by atoms with Crippen LogP contribution < -0.4 is 14.7 Å². The maximum absolute atomic E-state index is 12.8. The average Bonchev–Trinajstić information content (AvgIpc) is 3.04. The first-order valence-corrected chi connectivity index (χ1v) is 21.1. The molecule has 8 atom stereocenters. The molecule has 1 saturated carbocycles. The summed E-state index contributed by atoms with van der Waals surface area (Å²) in [5.41, 5.74) is 0. The van der Waals surface area contributed by atoms with Crippen molar-refractivity contribution in [1.82, 2.24) is 0 Å². The van der Waals surface area contributed by atoms with Gasteiger partial charge in [-0.25, -0.2) is 4.57 Å². The van der Waals surface area contributed by atoms with Crippen LogP contribution in [0, 0.1) is 0 Å². The lowest BCUT2D eigenvalue weighted by molar-refractivity contribution is -0.353. The molecule has 0 saturated heterocycles. The van der Waals surface area contributed by atoms with Crippen molar-refractivity contribution in [1.29, 1.82) is 0 Å². The van der Waals surface area contributed by atoms with E-state index >= 15 is 0 Å². The first kappa shape index (κ1) is 48.4. The molecule has 1 aliphatic carbocycles. The number of phosphoric acid groups is 3. The lowest BCUT2D eigenvalue weighted by atomic mass is 9.85. The molecule has 0 spiro atoms. The van der Waals surface area contributed by atoms with Crippen molar-refractivity contribution in [3.63, 3.8) is 0 Å². The van der Waals surface area contributed by atoms with Crippen LogP contribution in [0.15, 0.2) is 37.0 Å². The number of carbonyl (C=O) groups is 2. The fourth-order valence-corrected chi connectivity index (χ4v) is 6.87. The summed E-state index contributed by atoms with van der Waals surface area (Å²) in [7, 11) is -17.4. The number of rotatable bonds is 27. The molecule has 1 rings (SSSR count). The molecular formula is C30H50O19P3-3. The Labute approximate surface area is 302 Å². The molecular weight excluding hydrogens is 757 g/mol. The molecule has 5 N–H and O–H groups in total. The number of aliphatic hydroxyl groups is 3. The molecule has 22 heteroatoms. The van der Waals surface area contributed by atoms with E-state index in [0.29, 0.717) is 25.7 Å². The smallest absolute Gasteiger partial charge is 0.470 e. The van der Waals surface area contributed by atoms with Crippen molar-refractivity contribution >= 4 is 35.4 Å². The van der Waals surface area contributed by atoms with E-state index in [-0.39, 0.29) is 12.8 Å². The lowest BCUT2D eigenvalue weighted by Crippen LogP contribution is -2.65. The number of phosphoric ester groups is 3. The monoisotopic (exact) mass is 807 g/mol. The van der Waals surface area contributed by atoms with Gasteiger partial charge in [-0.1, -0.05) is 69.4 Å². The number of hydrogen-bond donors (Lipinski definition) is 5. The molecule has 0 aromatic heterocycles. The molecule has 0 aromatic carbocycles. The van der Waals surface area contributed by atoms with E-state index in [9.17, 15) is 63.1 Å². The Morgan fingerprint density at radius 2 is 1.31 bits per heavy atom. The molecule has 0 aromatic rings. The lowest BCUT2D eigenvalue weighted by Gasteiger charge is -2.48. The van der Waals surface area contributed by atoms with Gasteiger partial charge in [0.2, 0.25) is 0 Å². The van der Waals surface area contributed by atoms with Gasteiger partial charge in [0.05, 0.1) is 14.4 Å². The largest absolute Gasteiger partial charge is 0.790 e. The van der Waals surface area contributed by atoms with Crippen LogP contribution in [0.4, 0.5) is 0 Å². The Hall–Kier alpha value is -1.63. The maximum Gasteiger partial charge on any atom is 0.470 e. The Balaban J connectivity index is 2.96. The van der Waals surface area contributed by atoms with Crippen LogP contribution in [0.5, 0.6) is 0 Å². The molecule has 0 heterocycles. The molecule has 52 heavy (non-hydrogen) atoms. The van der Waals surface area contributed by atoms with Gasteiger partial charge in [0.25, 0.3) is 7.82 Å². The van der Waals surface area contributed by atoms with Gasteiger partial charge in [-0.2, -0.15) is 0 Å². The minimum absolute atomic E-state index is 0.0441. The third-order valence-electron chi connectivity index (χ3n) is 7.32. The van der Waals surface area contributed by atoms with Crippen LogP contribution in [0.1, 0.15) is 84.0 Å². The van der Waals surface area contributed by atoms with Crippen molar-refractivity contribution in [2.24, 2.45) is 0 Å².